The fourth-order valence-electron chi connectivity index (χ4n) is 3.18. The Balaban J connectivity index is 1.75. The fraction of sp³-hybridized carbons (Fsp3) is 0.571. The van der Waals surface area contributed by atoms with Gasteiger partial charge >= 0.3 is 6.18 Å². The number of hydrogen-bond acceptors (Lipinski definition) is 4. The van der Waals surface area contributed by atoms with Gasteiger partial charge in [0.2, 0.25) is 17.7 Å². The minimum absolute atomic E-state index is 0.0638. The highest BCUT2D eigenvalue weighted by Gasteiger charge is 2.33. The van der Waals surface area contributed by atoms with Crippen molar-refractivity contribution in [3.05, 3.63) is 29.8 Å². The topological polar surface area (TPSA) is 81.8 Å². The zero-order chi connectivity index (χ0) is 23.0. The van der Waals surface area contributed by atoms with Crippen LogP contribution >= 0.6 is 0 Å². The fourth-order valence-corrected chi connectivity index (χ4v) is 3.18. The summed E-state index contributed by atoms with van der Waals surface area (Å²) in [6, 6.07) is 4.83. The number of nitrogens with zero attached hydrogens (tertiary/aromatic N) is 2. The minimum Gasteiger partial charge on any atom is -0.347 e. The summed E-state index contributed by atoms with van der Waals surface area (Å²) in [5.74, 6) is -0.486. The number of halogens is 3. The molecule has 1 aromatic carbocycles. The van der Waals surface area contributed by atoms with E-state index in [0.29, 0.717) is 38.5 Å². The molecule has 2 rings (SSSR count). The smallest absolute Gasteiger partial charge is 0.347 e. The Bertz CT molecular complexity index is 775. The average Bonchev–Trinajstić information content (AvgIpc) is 2.70. The summed E-state index contributed by atoms with van der Waals surface area (Å²) in [6.45, 7) is 5.51. The summed E-state index contributed by atoms with van der Waals surface area (Å²) in [7, 11) is 0. The lowest BCUT2D eigenvalue weighted by Gasteiger charge is -2.34. The van der Waals surface area contributed by atoms with E-state index in [2.05, 4.69) is 10.6 Å². The molecular weight excluding hydrogens is 413 g/mol. The number of alkyl halides is 3. The maximum atomic E-state index is 13.0. The molecule has 0 unspecified atom stereocenters. The Labute approximate surface area is 180 Å². The van der Waals surface area contributed by atoms with E-state index in [1.165, 1.54) is 18.2 Å². The van der Waals surface area contributed by atoms with E-state index < -0.39 is 17.6 Å². The number of piperazine rings is 1. The highest BCUT2D eigenvalue weighted by atomic mass is 19.4. The van der Waals surface area contributed by atoms with E-state index in [-0.39, 0.29) is 30.6 Å². The second kappa shape index (κ2) is 11.1. The summed E-state index contributed by atoms with van der Waals surface area (Å²) in [4.78, 5) is 39.6. The number of nitrogens with one attached hydrogen (secondary N) is 2. The monoisotopic (exact) mass is 442 g/mol. The van der Waals surface area contributed by atoms with Gasteiger partial charge < -0.3 is 15.5 Å². The molecule has 7 nitrogen and oxygen atoms in total. The van der Waals surface area contributed by atoms with Crippen molar-refractivity contribution in [2.75, 3.05) is 44.6 Å². The molecule has 0 spiro atoms. The van der Waals surface area contributed by atoms with Crippen LogP contribution in [-0.2, 0) is 20.6 Å². The molecule has 1 aliphatic heterocycles. The molecule has 0 aromatic heterocycles. The molecule has 1 saturated heterocycles. The van der Waals surface area contributed by atoms with Crippen LogP contribution in [0.1, 0.15) is 32.3 Å². The Hall–Kier alpha value is -2.62. The number of carbonyl (C=O) groups is 3. The quantitative estimate of drug-likeness (QED) is 0.648. The molecule has 0 radical (unpaired) electrons. The largest absolute Gasteiger partial charge is 0.418 e. The second-order valence-corrected chi connectivity index (χ2v) is 7.96. The van der Waals surface area contributed by atoms with Crippen molar-refractivity contribution in [1.82, 2.24) is 15.1 Å². The van der Waals surface area contributed by atoms with Crippen molar-refractivity contribution < 1.29 is 27.6 Å². The first kappa shape index (κ1) is 24.6. The summed E-state index contributed by atoms with van der Waals surface area (Å²) < 4.78 is 39.1. The highest BCUT2D eigenvalue weighted by molar-refractivity contribution is 5.93. The van der Waals surface area contributed by atoms with Gasteiger partial charge in [0, 0.05) is 32.6 Å². The molecule has 1 aliphatic rings. The Morgan fingerprint density at radius 3 is 2.29 bits per heavy atom. The van der Waals surface area contributed by atoms with Gasteiger partial charge in [0.15, 0.2) is 0 Å². The van der Waals surface area contributed by atoms with Crippen LogP contribution in [0.3, 0.4) is 0 Å². The van der Waals surface area contributed by atoms with E-state index in [1.54, 1.807) is 9.80 Å². The van der Waals surface area contributed by atoms with Crippen LogP contribution in [-0.4, -0.2) is 66.8 Å². The Morgan fingerprint density at radius 2 is 1.68 bits per heavy atom. The van der Waals surface area contributed by atoms with Gasteiger partial charge in [-0.15, -0.1) is 0 Å². The van der Waals surface area contributed by atoms with Crippen molar-refractivity contribution in [2.45, 2.75) is 32.9 Å². The molecule has 172 valence electrons. The molecule has 1 aromatic rings. The third-order valence-corrected chi connectivity index (χ3v) is 4.98. The predicted molar refractivity (Wildman–Crippen MR) is 110 cm³/mol. The SMILES string of the molecule is CC(C)CCC(=O)NCC(=O)N1CCN(CC(=O)Nc2ccccc2C(F)(F)F)CC1. The summed E-state index contributed by atoms with van der Waals surface area (Å²) in [5.41, 5.74) is -1.17. The van der Waals surface area contributed by atoms with Crippen molar-refractivity contribution in [2.24, 2.45) is 5.92 Å². The van der Waals surface area contributed by atoms with Gasteiger partial charge in [-0.3, -0.25) is 19.3 Å². The Kier molecular flexibility index (Phi) is 8.85. The van der Waals surface area contributed by atoms with Crippen molar-refractivity contribution in [1.29, 1.82) is 0 Å². The maximum Gasteiger partial charge on any atom is 0.418 e. The number of amides is 3. The number of benzene rings is 1. The normalized spacial score (nSPS) is 15.1. The van der Waals surface area contributed by atoms with Crippen LogP contribution in [0.5, 0.6) is 0 Å². The van der Waals surface area contributed by atoms with E-state index in [4.69, 9.17) is 0 Å². The van der Waals surface area contributed by atoms with Crippen LogP contribution in [0, 0.1) is 5.92 Å². The first-order valence-corrected chi connectivity index (χ1v) is 10.3. The predicted octanol–water partition coefficient (Wildman–Crippen LogP) is 2.34. The third kappa shape index (κ3) is 8.20. The van der Waals surface area contributed by atoms with Gasteiger partial charge in [0.1, 0.15) is 0 Å². The number of carbonyl (C=O) groups excluding carboxylic acids is 3. The first-order valence-electron chi connectivity index (χ1n) is 10.3. The lowest BCUT2D eigenvalue weighted by atomic mass is 10.1. The van der Waals surface area contributed by atoms with Crippen LogP contribution in [0.4, 0.5) is 18.9 Å². The maximum absolute atomic E-state index is 13.0. The van der Waals surface area contributed by atoms with Gasteiger partial charge in [0.25, 0.3) is 0 Å². The second-order valence-electron chi connectivity index (χ2n) is 7.96. The Morgan fingerprint density at radius 1 is 1.03 bits per heavy atom. The number of para-hydroxylation sites is 1. The zero-order valence-electron chi connectivity index (χ0n) is 17.8. The molecule has 1 fully saturated rings. The molecule has 10 heteroatoms. The van der Waals surface area contributed by atoms with Gasteiger partial charge in [0.05, 0.1) is 24.3 Å². The molecule has 0 atom stereocenters. The van der Waals surface area contributed by atoms with Gasteiger partial charge in [-0.1, -0.05) is 26.0 Å². The molecule has 0 saturated carbocycles. The molecule has 0 aliphatic carbocycles. The van der Waals surface area contributed by atoms with E-state index in [9.17, 15) is 27.6 Å². The third-order valence-electron chi connectivity index (χ3n) is 4.98. The van der Waals surface area contributed by atoms with Crippen molar-refractivity contribution in [3.63, 3.8) is 0 Å². The van der Waals surface area contributed by atoms with E-state index in [0.717, 1.165) is 12.5 Å². The summed E-state index contributed by atoms with van der Waals surface area (Å²) >= 11 is 0. The standard InChI is InChI=1S/C21H29F3N4O3/c1-15(2)7-8-18(29)25-13-20(31)28-11-9-27(10-12-28)14-19(30)26-17-6-4-3-5-16(17)21(22,23)24/h3-6,15H,7-14H2,1-2H3,(H,25,29)(H,26,30). The zero-order valence-corrected chi connectivity index (χ0v) is 17.8. The summed E-state index contributed by atoms with van der Waals surface area (Å²) in [5, 5.41) is 4.95. The molecule has 3 amide bonds. The van der Waals surface area contributed by atoms with Crippen LogP contribution < -0.4 is 10.6 Å². The first-order chi connectivity index (χ1) is 14.6. The van der Waals surface area contributed by atoms with Crippen molar-refractivity contribution >= 4 is 23.4 Å². The van der Waals surface area contributed by atoms with Crippen LogP contribution in [0.2, 0.25) is 0 Å². The van der Waals surface area contributed by atoms with Gasteiger partial charge in [-0.05, 0) is 24.5 Å². The summed E-state index contributed by atoms with van der Waals surface area (Å²) in [6.07, 6.45) is -3.42. The molecule has 0 bridgehead atoms. The van der Waals surface area contributed by atoms with E-state index >= 15 is 0 Å². The lowest BCUT2D eigenvalue weighted by Crippen LogP contribution is -2.52. The van der Waals surface area contributed by atoms with Crippen LogP contribution in [0.25, 0.3) is 0 Å². The molecule has 31 heavy (non-hydrogen) atoms. The molecular formula is C21H29F3N4O3. The number of rotatable bonds is 8. The number of anilines is 1. The lowest BCUT2D eigenvalue weighted by molar-refractivity contribution is -0.137. The molecule has 1 heterocycles. The highest BCUT2D eigenvalue weighted by Crippen LogP contribution is 2.34. The van der Waals surface area contributed by atoms with Gasteiger partial charge in [-0.25, -0.2) is 0 Å². The van der Waals surface area contributed by atoms with Crippen LogP contribution in [0.15, 0.2) is 24.3 Å². The minimum atomic E-state index is -4.56. The van der Waals surface area contributed by atoms with E-state index in [1.807, 2.05) is 13.8 Å². The average molecular weight is 442 g/mol. The van der Waals surface area contributed by atoms with Crippen molar-refractivity contribution in [3.8, 4) is 0 Å². The molecule has 2 N–H and O–H groups in total. The van der Waals surface area contributed by atoms with Gasteiger partial charge in [-0.2, -0.15) is 13.2 Å². The number of hydrogen-bond donors (Lipinski definition) is 2.